The minimum absolute atomic E-state index is 0.0255. The zero-order chi connectivity index (χ0) is 22.6. The molecule has 7 heteroatoms. The molecule has 0 aromatic heterocycles. The van der Waals surface area contributed by atoms with Gasteiger partial charge in [-0.05, 0) is 44.0 Å². The molecule has 0 aliphatic carbocycles. The van der Waals surface area contributed by atoms with Crippen LogP contribution in [0, 0.1) is 0 Å². The molecule has 2 aromatic rings. The smallest absolute Gasteiger partial charge is 0.412 e. The SMILES string of the molecule is COC(=O)N1C(O)CN(Cc2ccccc2)C(=O)[C@@H]1Cc1ccc(OC(C)(C)C)cc1. The van der Waals surface area contributed by atoms with E-state index in [-0.39, 0.29) is 24.5 Å². The van der Waals surface area contributed by atoms with Gasteiger partial charge in [-0.25, -0.2) is 4.79 Å². The van der Waals surface area contributed by atoms with E-state index in [9.17, 15) is 14.7 Å². The van der Waals surface area contributed by atoms with Gasteiger partial charge in [0.2, 0.25) is 5.91 Å². The Bertz CT molecular complexity index is 892. The molecule has 1 aliphatic rings. The van der Waals surface area contributed by atoms with Crippen LogP contribution in [0.2, 0.25) is 0 Å². The van der Waals surface area contributed by atoms with Crippen LogP contribution in [0.4, 0.5) is 4.79 Å². The molecule has 2 atom stereocenters. The van der Waals surface area contributed by atoms with Crippen LogP contribution in [0.1, 0.15) is 31.9 Å². The van der Waals surface area contributed by atoms with E-state index in [0.717, 1.165) is 21.8 Å². The number of piperazine rings is 1. The maximum Gasteiger partial charge on any atom is 0.412 e. The van der Waals surface area contributed by atoms with Gasteiger partial charge in [0.05, 0.1) is 13.7 Å². The molecule has 1 saturated heterocycles. The normalized spacial score (nSPS) is 19.3. The molecule has 0 saturated carbocycles. The Morgan fingerprint density at radius 3 is 2.29 bits per heavy atom. The third kappa shape index (κ3) is 5.76. The van der Waals surface area contributed by atoms with E-state index in [2.05, 4.69) is 0 Å². The van der Waals surface area contributed by atoms with E-state index >= 15 is 0 Å². The maximum absolute atomic E-state index is 13.3. The van der Waals surface area contributed by atoms with Crippen molar-refractivity contribution in [3.63, 3.8) is 0 Å². The number of carbonyl (C=O) groups excluding carboxylic acids is 2. The Balaban J connectivity index is 1.82. The molecule has 31 heavy (non-hydrogen) atoms. The van der Waals surface area contributed by atoms with Crippen LogP contribution in [-0.4, -0.2) is 58.4 Å². The minimum Gasteiger partial charge on any atom is -0.488 e. The Labute approximate surface area is 183 Å². The van der Waals surface area contributed by atoms with Gasteiger partial charge in [0, 0.05) is 13.0 Å². The van der Waals surface area contributed by atoms with Gasteiger partial charge in [-0.1, -0.05) is 42.5 Å². The van der Waals surface area contributed by atoms with Crippen LogP contribution in [0.15, 0.2) is 54.6 Å². The summed E-state index contributed by atoms with van der Waals surface area (Å²) in [6.07, 6.45) is -1.62. The monoisotopic (exact) mass is 426 g/mol. The Morgan fingerprint density at radius 1 is 1.06 bits per heavy atom. The van der Waals surface area contributed by atoms with Crippen molar-refractivity contribution >= 4 is 12.0 Å². The molecular formula is C24H30N2O5. The highest BCUT2D eigenvalue weighted by Gasteiger charge is 2.43. The highest BCUT2D eigenvalue weighted by atomic mass is 16.5. The fraction of sp³-hybridized carbons (Fsp3) is 0.417. The number of aliphatic hydroxyl groups is 1. The summed E-state index contributed by atoms with van der Waals surface area (Å²) in [6, 6.07) is 16.1. The molecule has 1 aliphatic heterocycles. The molecule has 0 bridgehead atoms. The fourth-order valence-corrected chi connectivity index (χ4v) is 3.67. The number of methoxy groups -OCH3 is 1. The molecule has 1 fully saturated rings. The van der Waals surface area contributed by atoms with Gasteiger partial charge >= 0.3 is 6.09 Å². The molecule has 1 unspecified atom stereocenters. The highest BCUT2D eigenvalue weighted by molar-refractivity contribution is 5.87. The fourth-order valence-electron chi connectivity index (χ4n) is 3.67. The van der Waals surface area contributed by atoms with E-state index in [4.69, 9.17) is 9.47 Å². The van der Waals surface area contributed by atoms with Gasteiger partial charge in [-0.15, -0.1) is 0 Å². The number of aliphatic hydroxyl groups excluding tert-OH is 1. The largest absolute Gasteiger partial charge is 0.488 e. The van der Waals surface area contributed by atoms with Crippen molar-refractivity contribution in [1.82, 2.24) is 9.80 Å². The van der Waals surface area contributed by atoms with Crippen molar-refractivity contribution in [3.8, 4) is 5.75 Å². The van der Waals surface area contributed by atoms with Gasteiger partial charge < -0.3 is 19.5 Å². The summed E-state index contributed by atoms with van der Waals surface area (Å²) in [4.78, 5) is 28.4. The molecular weight excluding hydrogens is 396 g/mol. The molecule has 2 aromatic carbocycles. The number of rotatable bonds is 5. The number of ether oxygens (including phenoxy) is 2. The quantitative estimate of drug-likeness (QED) is 0.794. The van der Waals surface area contributed by atoms with Gasteiger partial charge in [0.15, 0.2) is 6.23 Å². The third-order valence-corrected chi connectivity index (χ3v) is 5.02. The lowest BCUT2D eigenvalue weighted by atomic mass is 10.00. The van der Waals surface area contributed by atoms with Gasteiger partial charge in [-0.2, -0.15) is 0 Å². The van der Waals surface area contributed by atoms with Crippen molar-refractivity contribution in [2.75, 3.05) is 13.7 Å². The van der Waals surface area contributed by atoms with Crippen LogP contribution in [0.3, 0.4) is 0 Å². The number of hydrogen-bond donors (Lipinski definition) is 1. The number of benzene rings is 2. The lowest BCUT2D eigenvalue weighted by Crippen LogP contribution is -2.63. The molecule has 166 valence electrons. The van der Waals surface area contributed by atoms with E-state index in [1.807, 2.05) is 75.4 Å². The Kier molecular flexibility index (Phi) is 6.85. The van der Waals surface area contributed by atoms with Gasteiger partial charge in [0.1, 0.15) is 17.4 Å². The second kappa shape index (κ2) is 9.39. The first-order valence-corrected chi connectivity index (χ1v) is 10.3. The summed E-state index contributed by atoms with van der Waals surface area (Å²) in [5, 5.41) is 10.7. The van der Waals surface area contributed by atoms with Crippen LogP contribution in [0.5, 0.6) is 5.75 Å². The van der Waals surface area contributed by atoms with E-state index in [0.29, 0.717) is 6.54 Å². The number of hydrogen-bond acceptors (Lipinski definition) is 5. The summed E-state index contributed by atoms with van der Waals surface area (Å²) in [6.45, 7) is 6.30. The number of amides is 2. The molecule has 0 spiro atoms. The van der Waals surface area contributed by atoms with Crippen LogP contribution >= 0.6 is 0 Å². The molecule has 3 rings (SSSR count). The molecule has 0 radical (unpaired) electrons. The zero-order valence-corrected chi connectivity index (χ0v) is 18.4. The summed E-state index contributed by atoms with van der Waals surface area (Å²) >= 11 is 0. The molecule has 1 heterocycles. The van der Waals surface area contributed by atoms with E-state index in [1.165, 1.54) is 7.11 Å². The average molecular weight is 427 g/mol. The summed E-state index contributed by atoms with van der Waals surface area (Å²) < 4.78 is 10.7. The van der Waals surface area contributed by atoms with E-state index in [1.54, 1.807) is 4.90 Å². The summed E-state index contributed by atoms with van der Waals surface area (Å²) in [5.41, 5.74) is 1.49. The summed E-state index contributed by atoms with van der Waals surface area (Å²) in [5.74, 6) is 0.497. The zero-order valence-electron chi connectivity index (χ0n) is 18.4. The van der Waals surface area contributed by atoms with Crippen molar-refractivity contribution in [2.24, 2.45) is 0 Å². The van der Waals surface area contributed by atoms with Gasteiger partial charge in [-0.3, -0.25) is 9.69 Å². The van der Waals surface area contributed by atoms with Crippen molar-refractivity contribution < 1.29 is 24.2 Å². The van der Waals surface area contributed by atoms with Crippen molar-refractivity contribution in [2.45, 2.75) is 51.6 Å². The predicted molar refractivity (Wildman–Crippen MR) is 116 cm³/mol. The summed E-state index contributed by atoms with van der Waals surface area (Å²) in [7, 11) is 1.24. The first-order chi connectivity index (χ1) is 14.7. The maximum atomic E-state index is 13.3. The topological polar surface area (TPSA) is 79.3 Å². The molecule has 2 amide bonds. The van der Waals surface area contributed by atoms with Crippen molar-refractivity contribution in [3.05, 3.63) is 65.7 Å². The first kappa shape index (κ1) is 22.6. The molecule has 7 nitrogen and oxygen atoms in total. The Morgan fingerprint density at radius 2 is 1.71 bits per heavy atom. The van der Waals surface area contributed by atoms with Crippen molar-refractivity contribution in [1.29, 1.82) is 0 Å². The average Bonchev–Trinajstić information content (AvgIpc) is 2.72. The number of β-amino-alcohol motifs (C(OH)–C–C–N with tert-alkyl or cyclic N) is 1. The predicted octanol–water partition coefficient (Wildman–Crippen LogP) is 3.20. The van der Waals surface area contributed by atoms with Gasteiger partial charge in [0.25, 0.3) is 0 Å². The lowest BCUT2D eigenvalue weighted by Gasteiger charge is -2.43. The first-order valence-electron chi connectivity index (χ1n) is 10.3. The van der Waals surface area contributed by atoms with E-state index < -0.39 is 18.4 Å². The van der Waals surface area contributed by atoms with Crippen LogP contribution in [-0.2, 0) is 22.5 Å². The third-order valence-electron chi connectivity index (χ3n) is 5.02. The second-order valence-electron chi connectivity index (χ2n) is 8.64. The molecule has 1 N–H and O–H groups in total. The Hall–Kier alpha value is -3.06. The van der Waals surface area contributed by atoms with Crippen LogP contribution in [0.25, 0.3) is 0 Å². The minimum atomic E-state index is -1.15. The number of nitrogens with zero attached hydrogens (tertiary/aromatic N) is 2. The van der Waals surface area contributed by atoms with Crippen LogP contribution < -0.4 is 4.74 Å². The number of carbonyl (C=O) groups is 2. The lowest BCUT2D eigenvalue weighted by molar-refractivity contribution is -0.155. The highest BCUT2D eigenvalue weighted by Crippen LogP contribution is 2.24. The second-order valence-corrected chi connectivity index (χ2v) is 8.64. The standard InChI is InChI=1S/C24H30N2O5/c1-24(2,3)31-19-12-10-17(11-13-19)14-20-22(28)25(15-18-8-6-5-7-9-18)16-21(27)26(20)23(29)30-4/h5-13,20-21,27H,14-16H2,1-4H3/t20-,21?/m0/s1.